The standard InChI is InChI=1S/C39H75NO13/c1-3-5-7-9-11-13-15-17-19-21-23-31(44)40-27(28(43)22-20-18-16-14-12-10-8-6-4-2)26-50-38-36(49)34(47)37(30(25-42)52-38)53-39-35(48)33(46)32(45)29(24-41)51-39/h27-30,32-39,41-43,45-49H,3-26H2,1-2H3,(H,40,44)/t27-,28+,29+,30+,32-,33?,34?,35?,36?,37+,38+,39-/m0/s1. The van der Waals surface area contributed by atoms with Crippen LogP contribution in [0.1, 0.15) is 149 Å². The SMILES string of the molecule is CCCCCCCCCCCCC(=O)N[C@@H](CO[C@@H]1O[C@H](CO)[C@@H](O[C@@H]2O[C@H](CO)[C@H](O)C(O)C2O)C(O)C1O)[C@H](O)CCCCCCCCCCC. The fourth-order valence-corrected chi connectivity index (χ4v) is 7.06. The Bertz CT molecular complexity index is 915. The molecule has 14 heteroatoms. The summed E-state index contributed by atoms with van der Waals surface area (Å²) in [5.74, 6) is -0.212. The largest absolute Gasteiger partial charge is 0.394 e. The Morgan fingerprint density at radius 1 is 0.604 bits per heavy atom. The maximum absolute atomic E-state index is 13.0. The third-order valence-corrected chi connectivity index (χ3v) is 10.6. The highest BCUT2D eigenvalue weighted by Gasteiger charge is 2.50. The van der Waals surface area contributed by atoms with Crippen LogP contribution in [0, 0.1) is 0 Å². The molecule has 4 unspecified atom stereocenters. The van der Waals surface area contributed by atoms with E-state index in [9.17, 15) is 45.6 Å². The van der Waals surface area contributed by atoms with Crippen molar-refractivity contribution in [3.05, 3.63) is 0 Å². The number of hydrogen-bond donors (Lipinski definition) is 9. The summed E-state index contributed by atoms with van der Waals surface area (Å²) in [5.41, 5.74) is 0. The van der Waals surface area contributed by atoms with Crippen LogP contribution in [-0.4, -0.2) is 140 Å². The summed E-state index contributed by atoms with van der Waals surface area (Å²) in [6.07, 6.45) is 5.67. The highest BCUT2D eigenvalue weighted by atomic mass is 16.7. The Morgan fingerprint density at radius 2 is 1.08 bits per heavy atom. The predicted octanol–water partition coefficient (Wildman–Crippen LogP) is 2.70. The van der Waals surface area contributed by atoms with Crippen molar-refractivity contribution in [3.63, 3.8) is 0 Å². The van der Waals surface area contributed by atoms with Crippen LogP contribution in [0.4, 0.5) is 0 Å². The van der Waals surface area contributed by atoms with Gasteiger partial charge in [-0.15, -0.1) is 0 Å². The molecule has 0 aliphatic carbocycles. The second kappa shape index (κ2) is 28.4. The molecule has 2 aliphatic rings. The first-order chi connectivity index (χ1) is 25.6. The minimum absolute atomic E-state index is 0.212. The van der Waals surface area contributed by atoms with Gasteiger partial charge in [-0.05, 0) is 12.8 Å². The zero-order valence-electron chi connectivity index (χ0n) is 32.5. The fraction of sp³-hybridized carbons (Fsp3) is 0.974. The van der Waals surface area contributed by atoms with Crippen LogP contribution in [0.3, 0.4) is 0 Å². The number of rotatable bonds is 30. The molecule has 0 aromatic rings. The third-order valence-electron chi connectivity index (χ3n) is 10.6. The molecule has 2 rings (SSSR count). The van der Waals surface area contributed by atoms with Gasteiger partial charge >= 0.3 is 0 Å². The number of aliphatic hydroxyl groups excluding tert-OH is 8. The lowest BCUT2D eigenvalue weighted by molar-refractivity contribution is -0.359. The van der Waals surface area contributed by atoms with Crippen molar-refractivity contribution < 1.29 is 64.6 Å². The third kappa shape index (κ3) is 17.8. The van der Waals surface area contributed by atoms with Crippen molar-refractivity contribution in [1.29, 1.82) is 0 Å². The molecule has 0 saturated carbocycles. The minimum atomic E-state index is -1.78. The van der Waals surface area contributed by atoms with Crippen LogP contribution < -0.4 is 5.32 Å². The number of carbonyl (C=O) groups excluding carboxylic acids is 1. The quantitative estimate of drug-likeness (QED) is 0.0480. The molecule has 0 spiro atoms. The van der Waals surface area contributed by atoms with Gasteiger partial charge < -0.3 is 65.1 Å². The van der Waals surface area contributed by atoms with Crippen molar-refractivity contribution in [3.8, 4) is 0 Å². The second-order valence-electron chi connectivity index (χ2n) is 15.1. The van der Waals surface area contributed by atoms with Gasteiger partial charge in [0.15, 0.2) is 12.6 Å². The molecule has 9 N–H and O–H groups in total. The van der Waals surface area contributed by atoms with Crippen molar-refractivity contribution >= 4 is 5.91 Å². The van der Waals surface area contributed by atoms with Crippen LogP contribution in [0.25, 0.3) is 0 Å². The summed E-state index contributed by atoms with van der Waals surface area (Å²) < 4.78 is 22.6. The van der Waals surface area contributed by atoms with Crippen molar-refractivity contribution in [1.82, 2.24) is 5.32 Å². The molecule has 314 valence electrons. The molecule has 0 radical (unpaired) electrons. The van der Waals surface area contributed by atoms with Gasteiger partial charge in [-0.2, -0.15) is 0 Å². The lowest BCUT2D eigenvalue weighted by Gasteiger charge is -2.46. The zero-order valence-corrected chi connectivity index (χ0v) is 32.5. The van der Waals surface area contributed by atoms with E-state index in [4.69, 9.17) is 18.9 Å². The first-order valence-corrected chi connectivity index (χ1v) is 20.8. The minimum Gasteiger partial charge on any atom is -0.394 e. The van der Waals surface area contributed by atoms with Gasteiger partial charge in [0.25, 0.3) is 0 Å². The Balaban J connectivity index is 1.93. The van der Waals surface area contributed by atoms with Crippen molar-refractivity contribution in [2.75, 3.05) is 19.8 Å². The molecule has 2 fully saturated rings. The fourth-order valence-electron chi connectivity index (χ4n) is 7.06. The molecule has 0 bridgehead atoms. The van der Waals surface area contributed by atoms with Gasteiger partial charge in [0.2, 0.25) is 5.91 Å². The second-order valence-corrected chi connectivity index (χ2v) is 15.1. The first kappa shape index (κ1) is 48.1. The van der Waals surface area contributed by atoms with E-state index < -0.39 is 86.8 Å². The first-order valence-electron chi connectivity index (χ1n) is 20.8. The Morgan fingerprint density at radius 3 is 1.60 bits per heavy atom. The van der Waals surface area contributed by atoms with E-state index in [1.807, 2.05) is 0 Å². The molecule has 53 heavy (non-hydrogen) atoms. The van der Waals surface area contributed by atoms with E-state index >= 15 is 0 Å². The topological polar surface area (TPSA) is 228 Å². The highest BCUT2D eigenvalue weighted by Crippen LogP contribution is 2.30. The van der Waals surface area contributed by atoms with Gasteiger partial charge in [-0.3, -0.25) is 4.79 Å². The van der Waals surface area contributed by atoms with Gasteiger partial charge in [-0.1, -0.05) is 129 Å². The highest BCUT2D eigenvalue weighted by molar-refractivity contribution is 5.76. The number of unbranched alkanes of at least 4 members (excludes halogenated alkanes) is 17. The van der Waals surface area contributed by atoms with Gasteiger partial charge in [0, 0.05) is 6.42 Å². The maximum Gasteiger partial charge on any atom is 0.220 e. The molecule has 0 aromatic heterocycles. The maximum atomic E-state index is 13.0. The molecule has 0 aromatic carbocycles. The van der Waals surface area contributed by atoms with E-state index in [0.717, 1.165) is 51.4 Å². The Kier molecular flexibility index (Phi) is 25.8. The summed E-state index contributed by atoms with van der Waals surface area (Å²) in [5, 5.41) is 86.2. The smallest absolute Gasteiger partial charge is 0.220 e. The molecule has 2 aliphatic heterocycles. The van der Waals surface area contributed by atoms with Crippen LogP contribution in [0.2, 0.25) is 0 Å². The molecule has 1 amide bonds. The number of nitrogens with one attached hydrogen (secondary N) is 1. The van der Waals surface area contributed by atoms with E-state index in [-0.39, 0.29) is 12.5 Å². The lowest BCUT2D eigenvalue weighted by atomic mass is 9.97. The molecule has 12 atom stereocenters. The molecule has 2 saturated heterocycles. The number of amides is 1. The number of hydrogen-bond acceptors (Lipinski definition) is 13. The van der Waals surface area contributed by atoms with E-state index in [1.165, 1.54) is 70.6 Å². The Hall–Kier alpha value is -1.01. The average molecular weight is 766 g/mol. The summed E-state index contributed by atoms with van der Waals surface area (Å²) in [4.78, 5) is 13.0. The molecule has 14 nitrogen and oxygen atoms in total. The summed E-state index contributed by atoms with van der Waals surface area (Å²) in [7, 11) is 0. The van der Waals surface area contributed by atoms with Crippen LogP contribution in [-0.2, 0) is 23.7 Å². The lowest BCUT2D eigenvalue weighted by Crippen LogP contribution is -2.65. The van der Waals surface area contributed by atoms with E-state index in [0.29, 0.717) is 12.8 Å². The average Bonchev–Trinajstić information content (AvgIpc) is 3.15. The number of ether oxygens (including phenoxy) is 4. The summed E-state index contributed by atoms with van der Waals surface area (Å²) in [6, 6.07) is -0.816. The van der Waals surface area contributed by atoms with Gasteiger partial charge in [0.1, 0.15) is 48.8 Å². The van der Waals surface area contributed by atoms with Gasteiger partial charge in [-0.25, -0.2) is 0 Å². The van der Waals surface area contributed by atoms with Crippen molar-refractivity contribution in [2.45, 2.75) is 222 Å². The normalized spacial score (nSPS) is 30.3. The van der Waals surface area contributed by atoms with E-state index in [2.05, 4.69) is 19.2 Å². The van der Waals surface area contributed by atoms with Crippen LogP contribution in [0.15, 0.2) is 0 Å². The number of carbonyl (C=O) groups is 1. The zero-order chi connectivity index (χ0) is 39.0. The van der Waals surface area contributed by atoms with Crippen LogP contribution in [0.5, 0.6) is 0 Å². The van der Waals surface area contributed by atoms with Gasteiger partial charge in [0.05, 0.1) is 32.0 Å². The Labute approximate surface area is 317 Å². The number of aliphatic hydroxyl groups is 8. The van der Waals surface area contributed by atoms with Crippen LogP contribution >= 0.6 is 0 Å². The monoisotopic (exact) mass is 766 g/mol. The van der Waals surface area contributed by atoms with E-state index in [1.54, 1.807) is 0 Å². The summed E-state index contributed by atoms with van der Waals surface area (Å²) in [6.45, 7) is 2.77. The molecular formula is C39H75NO13. The predicted molar refractivity (Wildman–Crippen MR) is 199 cm³/mol. The molecular weight excluding hydrogens is 690 g/mol. The molecule has 2 heterocycles. The van der Waals surface area contributed by atoms with Crippen molar-refractivity contribution in [2.24, 2.45) is 0 Å². The summed E-state index contributed by atoms with van der Waals surface area (Å²) >= 11 is 0.